The molecule has 0 aliphatic rings. The van der Waals surface area contributed by atoms with Gasteiger partial charge < -0.3 is 9.64 Å². The van der Waals surface area contributed by atoms with Crippen LogP contribution in [0.25, 0.3) is 0 Å². The molecule has 0 unspecified atom stereocenters. The van der Waals surface area contributed by atoms with Crippen LogP contribution in [-0.2, 0) is 4.79 Å². The smallest absolute Gasteiger partial charge is 0.262 e. The number of nitriles is 2. The van der Waals surface area contributed by atoms with E-state index in [4.69, 9.17) is 15.3 Å². The van der Waals surface area contributed by atoms with Crippen molar-refractivity contribution in [3.8, 4) is 17.9 Å². The fourth-order valence-corrected chi connectivity index (χ4v) is 1.50. The van der Waals surface area contributed by atoms with Gasteiger partial charge in [0.25, 0.3) is 5.91 Å². The monoisotopic (exact) mass is 257 g/mol. The topological polar surface area (TPSA) is 77.1 Å². The van der Waals surface area contributed by atoms with Crippen LogP contribution in [0.3, 0.4) is 0 Å². The first kappa shape index (κ1) is 14.5. The van der Waals surface area contributed by atoms with Gasteiger partial charge in [0.05, 0.1) is 12.1 Å². The molecule has 5 nitrogen and oxygen atoms in total. The summed E-state index contributed by atoms with van der Waals surface area (Å²) in [5.41, 5.74) is 1.98. The zero-order valence-corrected chi connectivity index (χ0v) is 11.0. The van der Waals surface area contributed by atoms with E-state index in [2.05, 4.69) is 0 Å². The first-order chi connectivity index (χ1) is 9.08. The molecule has 5 heteroatoms. The van der Waals surface area contributed by atoms with E-state index in [0.717, 1.165) is 16.0 Å². The lowest BCUT2D eigenvalue weighted by Crippen LogP contribution is -2.35. The first-order valence-electron chi connectivity index (χ1n) is 5.80. The van der Waals surface area contributed by atoms with Gasteiger partial charge in [-0.1, -0.05) is 12.1 Å². The molecule has 0 atom stereocenters. The van der Waals surface area contributed by atoms with Gasteiger partial charge in [-0.3, -0.25) is 4.79 Å². The molecule has 0 N–H and O–H groups in total. The number of ether oxygens (including phenoxy) is 1. The minimum atomic E-state index is -0.371. The average Bonchev–Trinajstić information content (AvgIpc) is 2.39. The Kier molecular flexibility index (Phi) is 5.37. The number of rotatable bonds is 5. The summed E-state index contributed by atoms with van der Waals surface area (Å²) in [6.45, 7) is 3.44. The molecule has 98 valence electrons. The highest BCUT2D eigenvalue weighted by Crippen LogP contribution is 2.18. The number of amides is 1. The van der Waals surface area contributed by atoms with Gasteiger partial charge in [-0.05, 0) is 31.0 Å². The van der Waals surface area contributed by atoms with Gasteiger partial charge in [0.2, 0.25) is 0 Å². The normalized spacial score (nSPS) is 9.26. The molecule has 0 saturated carbocycles. The SMILES string of the molecule is Cc1ccc(C)c(OCC(=O)N(CC#N)CC#N)c1. The van der Waals surface area contributed by atoms with Crippen LogP contribution in [0.4, 0.5) is 0 Å². The van der Waals surface area contributed by atoms with E-state index in [0.29, 0.717) is 5.75 Å². The second-order valence-electron chi connectivity index (χ2n) is 4.12. The summed E-state index contributed by atoms with van der Waals surface area (Å²) < 4.78 is 5.44. The van der Waals surface area contributed by atoms with Gasteiger partial charge in [0.1, 0.15) is 18.8 Å². The lowest BCUT2D eigenvalue weighted by molar-refractivity contribution is -0.132. The van der Waals surface area contributed by atoms with Crippen LogP contribution >= 0.6 is 0 Å². The van der Waals surface area contributed by atoms with Crippen LogP contribution in [0.2, 0.25) is 0 Å². The summed E-state index contributed by atoms with van der Waals surface area (Å²) in [7, 11) is 0. The summed E-state index contributed by atoms with van der Waals surface area (Å²) in [6.07, 6.45) is 0. The number of nitrogens with zero attached hydrogens (tertiary/aromatic N) is 3. The van der Waals surface area contributed by atoms with Crippen LogP contribution in [-0.4, -0.2) is 30.5 Å². The van der Waals surface area contributed by atoms with E-state index in [1.807, 2.05) is 44.2 Å². The highest BCUT2D eigenvalue weighted by molar-refractivity contribution is 5.78. The zero-order valence-electron chi connectivity index (χ0n) is 11.0. The van der Waals surface area contributed by atoms with Crippen molar-refractivity contribution in [1.82, 2.24) is 4.90 Å². The van der Waals surface area contributed by atoms with Gasteiger partial charge in [-0.25, -0.2) is 0 Å². The predicted octanol–water partition coefficient (Wildman–Crippen LogP) is 1.56. The first-order valence-corrected chi connectivity index (χ1v) is 5.80. The van der Waals surface area contributed by atoms with Crippen LogP contribution in [0.15, 0.2) is 18.2 Å². The summed E-state index contributed by atoms with van der Waals surface area (Å²) in [5, 5.41) is 17.2. The Morgan fingerprint density at radius 3 is 2.47 bits per heavy atom. The second-order valence-corrected chi connectivity index (χ2v) is 4.12. The van der Waals surface area contributed by atoms with Crippen molar-refractivity contribution in [2.24, 2.45) is 0 Å². The van der Waals surface area contributed by atoms with Gasteiger partial charge in [0.15, 0.2) is 6.61 Å². The number of aryl methyl sites for hydroxylation is 2. The van der Waals surface area contributed by atoms with Crippen LogP contribution in [0.1, 0.15) is 11.1 Å². The Bertz CT molecular complexity index is 525. The maximum absolute atomic E-state index is 11.8. The molecule has 0 aliphatic carbocycles. The van der Waals surface area contributed by atoms with E-state index in [-0.39, 0.29) is 25.6 Å². The molecule has 1 rings (SSSR count). The molecular weight excluding hydrogens is 242 g/mol. The predicted molar refractivity (Wildman–Crippen MR) is 69.2 cm³/mol. The van der Waals surface area contributed by atoms with E-state index >= 15 is 0 Å². The van der Waals surface area contributed by atoms with Gasteiger partial charge in [-0.15, -0.1) is 0 Å². The van der Waals surface area contributed by atoms with Gasteiger partial charge in [0, 0.05) is 0 Å². The van der Waals surface area contributed by atoms with Crippen molar-refractivity contribution in [3.05, 3.63) is 29.3 Å². The Hall–Kier alpha value is -2.53. The third-order valence-corrected chi connectivity index (χ3v) is 2.57. The fraction of sp³-hybridized carbons (Fsp3) is 0.357. The third-order valence-electron chi connectivity index (χ3n) is 2.57. The third kappa shape index (κ3) is 4.33. The van der Waals surface area contributed by atoms with Crippen molar-refractivity contribution < 1.29 is 9.53 Å². The van der Waals surface area contributed by atoms with Gasteiger partial charge in [-0.2, -0.15) is 10.5 Å². The minimum absolute atomic E-state index is 0.109. The molecule has 0 aliphatic heterocycles. The van der Waals surface area contributed by atoms with E-state index in [1.165, 1.54) is 0 Å². The maximum atomic E-state index is 11.8. The van der Waals surface area contributed by atoms with Crippen LogP contribution in [0, 0.1) is 36.5 Å². The number of benzene rings is 1. The number of hydrogen-bond acceptors (Lipinski definition) is 4. The van der Waals surface area contributed by atoms with Crippen molar-refractivity contribution in [2.75, 3.05) is 19.7 Å². The minimum Gasteiger partial charge on any atom is -0.483 e. The second kappa shape index (κ2) is 7.03. The molecule has 0 bridgehead atoms. The Morgan fingerprint density at radius 2 is 1.89 bits per heavy atom. The molecule has 0 radical (unpaired) electrons. The average molecular weight is 257 g/mol. The summed E-state index contributed by atoms with van der Waals surface area (Å²) in [4.78, 5) is 12.9. The van der Waals surface area contributed by atoms with E-state index in [1.54, 1.807) is 0 Å². The highest BCUT2D eigenvalue weighted by atomic mass is 16.5. The highest BCUT2D eigenvalue weighted by Gasteiger charge is 2.13. The molecule has 0 heterocycles. The number of carbonyl (C=O) groups excluding carboxylic acids is 1. The zero-order chi connectivity index (χ0) is 14.3. The van der Waals surface area contributed by atoms with Crippen molar-refractivity contribution in [2.45, 2.75) is 13.8 Å². The van der Waals surface area contributed by atoms with Crippen LogP contribution < -0.4 is 4.74 Å². The standard InChI is InChI=1S/C14H15N3O2/c1-11-3-4-12(2)13(9-11)19-10-14(18)17(7-5-15)8-6-16/h3-4,9H,7-8,10H2,1-2H3. The van der Waals surface area contributed by atoms with Crippen LogP contribution in [0.5, 0.6) is 5.75 Å². The number of carbonyl (C=O) groups is 1. The Balaban J connectivity index is 2.65. The molecule has 0 spiro atoms. The molecular formula is C14H15N3O2. The van der Waals surface area contributed by atoms with Crippen molar-refractivity contribution in [3.63, 3.8) is 0 Å². The van der Waals surface area contributed by atoms with E-state index in [9.17, 15) is 4.79 Å². The largest absolute Gasteiger partial charge is 0.483 e. The molecule has 1 amide bonds. The lowest BCUT2D eigenvalue weighted by Gasteiger charge is -2.16. The quantitative estimate of drug-likeness (QED) is 0.750. The van der Waals surface area contributed by atoms with Crippen molar-refractivity contribution in [1.29, 1.82) is 10.5 Å². The molecule has 0 fully saturated rings. The molecule has 0 aromatic heterocycles. The Morgan fingerprint density at radius 1 is 1.26 bits per heavy atom. The summed E-state index contributed by atoms with van der Waals surface area (Å²) in [5.74, 6) is 0.270. The van der Waals surface area contributed by atoms with E-state index < -0.39 is 0 Å². The Labute approximate surface area is 112 Å². The molecule has 1 aromatic rings. The molecule has 1 aromatic carbocycles. The fourth-order valence-electron chi connectivity index (χ4n) is 1.50. The summed E-state index contributed by atoms with van der Waals surface area (Å²) >= 11 is 0. The number of hydrogen-bond donors (Lipinski definition) is 0. The lowest BCUT2D eigenvalue weighted by atomic mass is 10.1. The molecule has 0 saturated heterocycles. The van der Waals surface area contributed by atoms with Gasteiger partial charge >= 0.3 is 0 Å². The molecule has 19 heavy (non-hydrogen) atoms. The maximum Gasteiger partial charge on any atom is 0.262 e. The summed E-state index contributed by atoms with van der Waals surface area (Å²) in [6, 6.07) is 9.42. The van der Waals surface area contributed by atoms with Crippen molar-refractivity contribution >= 4 is 5.91 Å².